The van der Waals surface area contributed by atoms with Gasteiger partial charge in [0.25, 0.3) is 11.4 Å². The molecule has 0 unspecified atom stereocenters. The molecule has 0 fully saturated rings. The monoisotopic (exact) mass is 282 g/mol. The van der Waals surface area contributed by atoms with Crippen LogP contribution in [0.25, 0.3) is 11.3 Å². The average molecular weight is 282 g/mol. The Morgan fingerprint density at radius 2 is 1.76 bits per heavy atom. The maximum absolute atomic E-state index is 12.7. The van der Waals surface area contributed by atoms with Crippen LogP contribution in [0.2, 0.25) is 0 Å². The van der Waals surface area contributed by atoms with Gasteiger partial charge in [0.1, 0.15) is 0 Å². The summed E-state index contributed by atoms with van der Waals surface area (Å²) in [5, 5.41) is 12.6. The normalized spacial score (nSPS) is 16.1. The highest BCUT2D eigenvalue weighted by molar-refractivity contribution is 6.19. The summed E-state index contributed by atoms with van der Waals surface area (Å²) in [6.45, 7) is 0. The van der Waals surface area contributed by atoms with E-state index in [-0.39, 0.29) is 17.2 Å². The van der Waals surface area contributed by atoms with Gasteiger partial charge in [0.05, 0.1) is 15.7 Å². The zero-order valence-corrected chi connectivity index (χ0v) is 11.5. The fraction of sp³-hybridized carbons (Fsp3) is 0.312. The molecule has 5 nitrogen and oxygen atoms in total. The quantitative estimate of drug-likeness (QED) is 0.469. The zero-order valence-electron chi connectivity index (χ0n) is 11.5. The van der Waals surface area contributed by atoms with Crippen LogP contribution in [-0.2, 0) is 12.8 Å². The van der Waals surface area contributed by atoms with Crippen LogP contribution in [0.3, 0.4) is 0 Å². The molecule has 4 rings (SSSR count). The number of carbonyl (C=O) groups is 1. The van der Waals surface area contributed by atoms with E-state index in [2.05, 4.69) is 0 Å². The van der Waals surface area contributed by atoms with Crippen LogP contribution in [0.5, 0.6) is 0 Å². The Hall–Kier alpha value is -2.43. The van der Waals surface area contributed by atoms with E-state index < -0.39 is 0 Å². The van der Waals surface area contributed by atoms with E-state index >= 15 is 0 Å². The van der Waals surface area contributed by atoms with Crippen LogP contribution in [0, 0.1) is 10.1 Å². The van der Waals surface area contributed by atoms with Gasteiger partial charge in [-0.25, -0.2) is 0 Å². The highest BCUT2D eigenvalue weighted by Gasteiger charge is 2.39. The molecule has 0 atom stereocenters. The van der Waals surface area contributed by atoms with Gasteiger partial charge in [0.2, 0.25) is 5.78 Å². The average Bonchev–Trinajstić information content (AvgIpc) is 2.67. The van der Waals surface area contributed by atoms with Crippen molar-refractivity contribution in [2.24, 2.45) is 0 Å². The number of benzene rings is 1. The van der Waals surface area contributed by atoms with Gasteiger partial charge in [-0.1, -0.05) is 24.6 Å². The molecule has 1 aromatic carbocycles. The van der Waals surface area contributed by atoms with E-state index in [9.17, 15) is 14.9 Å². The third kappa shape index (κ3) is 1.54. The highest BCUT2D eigenvalue weighted by atomic mass is 16.5. The lowest BCUT2D eigenvalue weighted by Gasteiger charge is -2.18. The second kappa shape index (κ2) is 4.28. The first-order valence-electron chi connectivity index (χ1n) is 7.25. The van der Waals surface area contributed by atoms with Crippen LogP contribution < -0.4 is 4.43 Å². The van der Waals surface area contributed by atoms with Gasteiger partial charge < -0.3 is 9.94 Å². The molecule has 0 amide bonds. The molecular weight excluding hydrogens is 268 g/mol. The molecule has 0 bridgehead atoms. The van der Waals surface area contributed by atoms with E-state index in [1.165, 1.54) is 0 Å². The molecule has 0 spiro atoms. The van der Waals surface area contributed by atoms with Gasteiger partial charge in [0.15, 0.2) is 5.69 Å². The Balaban J connectivity index is 2.12. The molecule has 2 aliphatic carbocycles. The largest absolute Gasteiger partial charge is 0.805 e. The molecule has 2 aromatic rings. The topological polar surface area (TPSA) is 68.0 Å². The second-order valence-corrected chi connectivity index (χ2v) is 5.61. The minimum Gasteiger partial charge on any atom is -0.805 e. The minimum atomic E-state index is -0.341. The van der Waals surface area contributed by atoms with Gasteiger partial charge >= 0.3 is 0 Å². The van der Waals surface area contributed by atoms with Crippen molar-refractivity contribution in [2.75, 3.05) is 0 Å². The number of hydrogen-bond donors (Lipinski definition) is 0. The number of ketones is 1. The fourth-order valence-corrected chi connectivity index (χ4v) is 3.40. The van der Waals surface area contributed by atoms with E-state index in [0.717, 1.165) is 23.7 Å². The van der Waals surface area contributed by atoms with Gasteiger partial charge in [-0.05, 0) is 25.3 Å². The summed E-state index contributed by atoms with van der Waals surface area (Å²) in [4.78, 5) is 25.2. The molecule has 21 heavy (non-hydrogen) atoms. The summed E-state index contributed by atoms with van der Waals surface area (Å²) in [5.41, 5.74) is 2.25. The van der Waals surface area contributed by atoms with Crippen molar-refractivity contribution in [3.05, 3.63) is 57.0 Å². The van der Waals surface area contributed by atoms with Crippen LogP contribution >= 0.6 is 0 Å². The van der Waals surface area contributed by atoms with Crippen LogP contribution in [0.1, 0.15) is 46.7 Å². The Kier molecular flexibility index (Phi) is 2.51. The lowest BCUT2D eigenvalue weighted by molar-refractivity contribution is -0.494. The van der Waals surface area contributed by atoms with Crippen LogP contribution in [0.15, 0.2) is 24.3 Å². The SMILES string of the molecule is O=C1c2ccccc2-c2c1n([O-])c1c([n+]2=O)CCCCC1. The first-order chi connectivity index (χ1) is 10.2. The Morgan fingerprint density at radius 3 is 2.57 bits per heavy atom. The van der Waals surface area contributed by atoms with Crippen molar-refractivity contribution in [1.29, 1.82) is 0 Å². The summed E-state index contributed by atoms with van der Waals surface area (Å²) in [6.07, 6.45) is 3.96. The first kappa shape index (κ1) is 12.3. The molecule has 0 N–H and O–H groups in total. The van der Waals surface area contributed by atoms with E-state index in [0.29, 0.717) is 40.1 Å². The number of carbonyl (C=O) groups excluding carboxylic acids is 1. The lowest BCUT2D eigenvalue weighted by Crippen LogP contribution is -2.31. The summed E-state index contributed by atoms with van der Waals surface area (Å²) in [7, 11) is 0. The Morgan fingerprint density at radius 1 is 1.05 bits per heavy atom. The van der Waals surface area contributed by atoms with Crippen molar-refractivity contribution >= 4 is 5.78 Å². The summed E-state index contributed by atoms with van der Waals surface area (Å²) in [6, 6.07) is 6.93. The zero-order chi connectivity index (χ0) is 14.6. The number of aromatic nitrogens is 2. The molecule has 1 aromatic heterocycles. The van der Waals surface area contributed by atoms with Crippen molar-refractivity contribution in [2.45, 2.75) is 32.1 Å². The molecule has 0 aliphatic heterocycles. The number of nitrogens with zero attached hydrogens (tertiary/aromatic N) is 2. The summed E-state index contributed by atoms with van der Waals surface area (Å²) in [5.74, 6) is -0.341. The first-order valence-corrected chi connectivity index (χ1v) is 7.25. The second-order valence-electron chi connectivity index (χ2n) is 5.61. The van der Waals surface area contributed by atoms with E-state index in [4.69, 9.17) is 0 Å². The molecule has 0 radical (unpaired) electrons. The molecule has 5 heteroatoms. The van der Waals surface area contributed by atoms with Crippen molar-refractivity contribution in [1.82, 2.24) is 4.73 Å². The smallest absolute Gasteiger partial charge is 0.298 e. The van der Waals surface area contributed by atoms with Crippen molar-refractivity contribution in [3.8, 4) is 11.3 Å². The Labute approximate surface area is 121 Å². The third-order valence-corrected chi connectivity index (χ3v) is 4.42. The summed E-state index contributed by atoms with van der Waals surface area (Å²) >= 11 is 0. The fourth-order valence-electron chi connectivity index (χ4n) is 3.40. The third-order valence-electron chi connectivity index (χ3n) is 4.42. The molecule has 106 valence electrons. The van der Waals surface area contributed by atoms with Gasteiger partial charge in [0, 0.05) is 16.9 Å². The predicted octanol–water partition coefficient (Wildman–Crippen LogP) is 2.23. The van der Waals surface area contributed by atoms with Gasteiger partial charge in [-0.3, -0.25) is 4.79 Å². The van der Waals surface area contributed by atoms with Crippen LogP contribution in [-0.4, -0.2) is 10.5 Å². The van der Waals surface area contributed by atoms with E-state index in [1.54, 1.807) is 24.3 Å². The lowest BCUT2D eigenvalue weighted by atomic mass is 10.1. The number of fused-ring (bicyclic) bond motifs is 4. The van der Waals surface area contributed by atoms with Gasteiger partial charge in [-0.15, -0.1) is 0 Å². The predicted molar refractivity (Wildman–Crippen MR) is 76.7 cm³/mol. The molecule has 0 saturated carbocycles. The van der Waals surface area contributed by atoms with Crippen molar-refractivity contribution < 1.29 is 9.22 Å². The molecule has 0 saturated heterocycles. The molecule has 1 heterocycles. The maximum Gasteiger partial charge on any atom is 0.298 e. The molecule has 2 aliphatic rings. The number of hydrogen-bond acceptors (Lipinski definition) is 3. The van der Waals surface area contributed by atoms with Crippen molar-refractivity contribution in [3.63, 3.8) is 0 Å². The molecular formula is C16H14N2O3. The maximum atomic E-state index is 12.7. The van der Waals surface area contributed by atoms with Crippen LogP contribution in [0.4, 0.5) is 0 Å². The highest BCUT2D eigenvalue weighted by Crippen LogP contribution is 2.35. The minimum absolute atomic E-state index is 0.00755. The Bertz CT molecular complexity index is 836. The summed E-state index contributed by atoms with van der Waals surface area (Å²) < 4.78 is 1.54. The standard InChI is InChI=1S/C16H14N2O3/c19-16-11-7-5-4-6-10(11)14-15(16)18(21)13-9-3-1-2-8-12(13)17(14)20/h4-7H,1-3,8-9H2. The number of rotatable bonds is 0. The van der Waals surface area contributed by atoms with E-state index in [1.807, 2.05) is 0 Å². The van der Waals surface area contributed by atoms with Gasteiger partial charge in [-0.2, -0.15) is 0 Å².